The summed E-state index contributed by atoms with van der Waals surface area (Å²) >= 11 is 14.3. The molecule has 2 aromatic carbocycles. The van der Waals surface area contributed by atoms with Crippen LogP contribution in [0.5, 0.6) is 11.5 Å². The second kappa shape index (κ2) is 12.6. The van der Waals surface area contributed by atoms with E-state index in [9.17, 15) is 9.59 Å². The fourth-order valence-corrected chi connectivity index (χ4v) is 5.78. The van der Waals surface area contributed by atoms with Crippen molar-refractivity contribution in [1.82, 2.24) is 0 Å². The smallest absolute Gasteiger partial charge is 0.333 e. The predicted molar refractivity (Wildman–Crippen MR) is 149 cm³/mol. The maximum atomic E-state index is 11.4. The largest absolute Gasteiger partial charge is 0.453 e. The quantitative estimate of drug-likeness (QED) is 0.140. The fraction of sp³-hybridized carbons (Fsp3) is 0.280. The summed E-state index contributed by atoms with van der Waals surface area (Å²) < 4.78 is 24.5. The monoisotopic (exact) mass is 736 g/mol. The zero-order chi connectivity index (χ0) is 26.5. The lowest BCUT2D eigenvalue weighted by atomic mass is 9.78. The molecule has 2 atom stereocenters. The Balaban J connectivity index is 2.34. The SMILES string of the molecule is C=CC(=O)OC(C)Oc1c(Br)cc(C(C)(C)c2cc(Br)c(OC(C)OC(=O)C=C)c(Br)c2)cc1Br. The molecule has 0 aliphatic heterocycles. The molecule has 0 aromatic heterocycles. The van der Waals surface area contributed by atoms with Crippen LogP contribution in [0.3, 0.4) is 0 Å². The number of carbonyl (C=O) groups is 2. The van der Waals surface area contributed by atoms with Crippen LogP contribution >= 0.6 is 63.7 Å². The van der Waals surface area contributed by atoms with Crippen molar-refractivity contribution < 1.29 is 28.5 Å². The molecule has 0 bridgehead atoms. The van der Waals surface area contributed by atoms with Crippen molar-refractivity contribution in [1.29, 1.82) is 0 Å². The molecule has 0 aliphatic rings. The molecule has 0 heterocycles. The second-order valence-electron chi connectivity index (χ2n) is 7.82. The summed E-state index contributed by atoms with van der Waals surface area (Å²) in [4.78, 5) is 22.9. The zero-order valence-electron chi connectivity index (χ0n) is 19.5. The Morgan fingerprint density at radius 2 is 1.03 bits per heavy atom. The Labute approximate surface area is 238 Å². The third-order valence-electron chi connectivity index (χ3n) is 4.91. The van der Waals surface area contributed by atoms with Crippen LogP contribution in [-0.4, -0.2) is 24.5 Å². The number of hydrogen-bond donors (Lipinski definition) is 0. The van der Waals surface area contributed by atoms with E-state index in [-0.39, 0.29) is 0 Å². The van der Waals surface area contributed by atoms with Crippen LogP contribution in [0.2, 0.25) is 0 Å². The maximum absolute atomic E-state index is 11.4. The van der Waals surface area contributed by atoms with Gasteiger partial charge in [-0.3, -0.25) is 0 Å². The zero-order valence-corrected chi connectivity index (χ0v) is 25.8. The van der Waals surface area contributed by atoms with Gasteiger partial charge >= 0.3 is 11.9 Å². The van der Waals surface area contributed by atoms with Crippen LogP contribution in [0.15, 0.2) is 67.5 Å². The van der Waals surface area contributed by atoms with Gasteiger partial charge in [0.25, 0.3) is 0 Å². The molecule has 0 N–H and O–H groups in total. The standard InChI is InChI=1S/C25H24Br4O6/c1-7-21(30)32-13(3)34-23-17(26)9-15(10-18(23)27)25(5,6)16-11-19(28)24(20(29)12-16)35-14(4)33-22(31)8-2/h7-14H,1-2H2,3-6H3. The van der Waals surface area contributed by atoms with Crippen LogP contribution in [0.25, 0.3) is 0 Å². The summed E-state index contributed by atoms with van der Waals surface area (Å²) in [6, 6.07) is 7.80. The molecule has 35 heavy (non-hydrogen) atoms. The van der Waals surface area contributed by atoms with Gasteiger partial charge in [-0.25, -0.2) is 9.59 Å². The highest BCUT2D eigenvalue weighted by Gasteiger charge is 2.28. The van der Waals surface area contributed by atoms with E-state index in [1.165, 1.54) is 0 Å². The average molecular weight is 740 g/mol. The predicted octanol–water partition coefficient (Wildman–Crippen LogP) is 7.97. The molecular weight excluding hydrogens is 716 g/mol. The Bertz CT molecular complexity index is 1010. The minimum Gasteiger partial charge on any atom is -0.453 e. The molecule has 0 aliphatic carbocycles. The van der Waals surface area contributed by atoms with Crippen LogP contribution in [-0.2, 0) is 24.5 Å². The first-order valence-electron chi connectivity index (χ1n) is 10.3. The molecule has 0 saturated carbocycles. The number of halogens is 4. The molecule has 0 saturated heterocycles. The molecule has 0 fully saturated rings. The number of esters is 2. The highest BCUT2D eigenvalue weighted by molar-refractivity contribution is 9.11. The summed E-state index contributed by atoms with van der Waals surface area (Å²) in [6.45, 7) is 14.2. The molecule has 0 radical (unpaired) electrons. The first-order valence-corrected chi connectivity index (χ1v) is 13.5. The van der Waals surface area contributed by atoms with E-state index in [2.05, 4.69) is 90.7 Å². The van der Waals surface area contributed by atoms with Gasteiger partial charge in [0.1, 0.15) is 0 Å². The van der Waals surface area contributed by atoms with Gasteiger partial charge < -0.3 is 18.9 Å². The van der Waals surface area contributed by atoms with Gasteiger partial charge in [-0.15, -0.1) is 0 Å². The van der Waals surface area contributed by atoms with Gasteiger partial charge in [-0.2, -0.15) is 0 Å². The van der Waals surface area contributed by atoms with Crippen molar-refractivity contribution in [2.24, 2.45) is 0 Å². The van der Waals surface area contributed by atoms with Crippen molar-refractivity contribution in [2.75, 3.05) is 0 Å². The van der Waals surface area contributed by atoms with Crippen LogP contribution in [0, 0.1) is 0 Å². The van der Waals surface area contributed by atoms with E-state index in [0.717, 1.165) is 23.3 Å². The molecule has 2 unspecified atom stereocenters. The Kier molecular flexibility index (Phi) is 10.6. The minimum absolute atomic E-state index is 0.436. The molecule has 0 spiro atoms. The van der Waals surface area contributed by atoms with Crippen molar-refractivity contribution in [3.05, 3.63) is 78.6 Å². The average Bonchev–Trinajstić information content (AvgIpc) is 2.77. The van der Waals surface area contributed by atoms with E-state index >= 15 is 0 Å². The number of hydrogen-bond acceptors (Lipinski definition) is 6. The van der Waals surface area contributed by atoms with Crippen molar-refractivity contribution >= 4 is 75.7 Å². The molecule has 188 valence electrons. The molecular formula is C25H24Br4O6. The lowest BCUT2D eigenvalue weighted by Crippen LogP contribution is -2.22. The third-order valence-corrected chi connectivity index (χ3v) is 7.26. The lowest BCUT2D eigenvalue weighted by molar-refractivity contribution is -0.156. The molecule has 2 rings (SSSR count). The van der Waals surface area contributed by atoms with Gasteiger partial charge in [0.2, 0.25) is 12.6 Å². The summed E-state index contributed by atoms with van der Waals surface area (Å²) in [5.41, 5.74) is 1.54. The molecule has 10 heteroatoms. The molecule has 2 aromatic rings. The lowest BCUT2D eigenvalue weighted by Gasteiger charge is -2.29. The van der Waals surface area contributed by atoms with Gasteiger partial charge in [0, 0.05) is 31.4 Å². The summed E-state index contributed by atoms with van der Waals surface area (Å²) in [6.07, 6.45) is 0.548. The number of ether oxygens (including phenoxy) is 4. The van der Waals surface area contributed by atoms with E-state index in [4.69, 9.17) is 18.9 Å². The van der Waals surface area contributed by atoms with Crippen molar-refractivity contribution in [3.63, 3.8) is 0 Å². The Morgan fingerprint density at radius 1 is 0.743 bits per heavy atom. The summed E-state index contributed by atoms with van der Waals surface area (Å²) in [7, 11) is 0. The van der Waals surface area contributed by atoms with E-state index in [1.807, 2.05) is 24.3 Å². The first-order chi connectivity index (χ1) is 16.3. The minimum atomic E-state index is -0.806. The number of rotatable bonds is 10. The van der Waals surface area contributed by atoms with Gasteiger partial charge in [0.15, 0.2) is 11.5 Å². The van der Waals surface area contributed by atoms with Crippen LogP contribution in [0.1, 0.15) is 38.8 Å². The van der Waals surface area contributed by atoms with E-state index < -0.39 is 29.9 Å². The van der Waals surface area contributed by atoms with Gasteiger partial charge in [-0.1, -0.05) is 27.0 Å². The Hall–Kier alpha value is -1.62. The topological polar surface area (TPSA) is 71.1 Å². The molecule has 0 amide bonds. The van der Waals surface area contributed by atoms with Crippen molar-refractivity contribution in [3.8, 4) is 11.5 Å². The number of carbonyl (C=O) groups excluding carboxylic acids is 2. The van der Waals surface area contributed by atoms with Gasteiger partial charge in [-0.05, 0) is 99.1 Å². The van der Waals surface area contributed by atoms with Gasteiger partial charge in [0.05, 0.1) is 17.9 Å². The normalized spacial score (nSPS) is 12.8. The highest BCUT2D eigenvalue weighted by atomic mass is 79.9. The third kappa shape index (κ3) is 7.68. The number of benzene rings is 2. The maximum Gasteiger partial charge on any atom is 0.333 e. The first kappa shape index (κ1) is 29.6. The Morgan fingerprint density at radius 3 is 1.29 bits per heavy atom. The molecule has 6 nitrogen and oxygen atoms in total. The van der Waals surface area contributed by atoms with E-state index in [1.54, 1.807) is 13.8 Å². The van der Waals surface area contributed by atoms with Crippen molar-refractivity contribution in [2.45, 2.75) is 45.7 Å². The van der Waals surface area contributed by atoms with Crippen LogP contribution < -0.4 is 9.47 Å². The van der Waals surface area contributed by atoms with E-state index in [0.29, 0.717) is 29.4 Å². The highest BCUT2D eigenvalue weighted by Crippen LogP contribution is 2.44. The fourth-order valence-electron chi connectivity index (χ4n) is 3.04. The van der Waals surface area contributed by atoms with Crippen LogP contribution in [0.4, 0.5) is 0 Å². The summed E-state index contributed by atoms with van der Waals surface area (Å²) in [5, 5.41) is 0. The summed E-state index contributed by atoms with van der Waals surface area (Å²) in [5.74, 6) is -0.134. The second-order valence-corrected chi connectivity index (χ2v) is 11.2.